The van der Waals surface area contributed by atoms with Gasteiger partial charge < -0.3 is 10.2 Å². The van der Waals surface area contributed by atoms with E-state index >= 15 is 0 Å². The molecular formula is C20H20N6O3S. The Balaban J connectivity index is 1.45. The fourth-order valence-electron chi connectivity index (χ4n) is 3.12. The molecule has 1 N–H and O–H groups in total. The number of benzene rings is 2. The van der Waals surface area contributed by atoms with E-state index in [0.717, 1.165) is 18.7 Å². The lowest BCUT2D eigenvalue weighted by atomic mass is 10.2. The number of nitrogens with zero attached hydrogens (tertiary/aromatic N) is 5. The van der Waals surface area contributed by atoms with Crippen LogP contribution in [-0.4, -0.2) is 53.4 Å². The molecule has 10 heteroatoms. The number of amides is 1. The third-order valence-electron chi connectivity index (χ3n) is 4.78. The summed E-state index contributed by atoms with van der Waals surface area (Å²) in [5, 5.41) is 6.80. The van der Waals surface area contributed by atoms with E-state index < -0.39 is 10.0 Å². The largest absolute Gasteiger partial charge is 0.362 e. The summed E-state index contributed by atoms with van der Waals surface area (Å²) in [6.07, 6.45) is 4.55. The van der Waals surface area contributed by atoms with E-state index in [-0.39, 0.29) is 10.8 Å². The third-order valence-corrected chi connectivity index (χ3v) is 6.10. The molecule has 0 atom stereocenters. The first-order chi connectivity index (χ1) is 14.4. The van der Waals surface area contributed by atoms with Crippen LogP contribution in [0, 0.1) is 0 Å². The Morgan fingerprint density at radius 2 is 1.83 bits per heavy atom. The lowest BCUT2D eigenvalue weighted by Crippen LogP contribution is -2.20. The van der Waals surface area contributed by atoms with Crippen molar-refractivity contribution in [1.82, 2.24) is 19.7 Å². The molecule has 0 spiro atoms. The monoisotopic (exact) mass is 424 g/mol. The van der Waals surface area contributed by atoms with E-state index in [0.29, 0.717) is 23.5 Å². The van der Waals surface area contributed by atoms with Crippen molar-refractivity contribution in [2.24, 2.45) is 4.40 Å². The van der Waals surface area contributed by atoms with Gasteiger partial charge in [0.2, 0.25) is 0 Å². The SMILES string of the molecule is CN1CCC/C1=N\S(=O)(=O)c1ccc(NC(=O)c2ccc(-n3cncn3)cc2)cc1. The van der Waals surface area contributed by atoms with Crippen LogP contribution >= 0.6 is 0 Å². The van der Waals surface area contributed by atoms with Crippen LogP contribution in [0.5, 0.6) is 0 Å². The maximum absolute atomic E-state index is 12.5. The van der Waals surface area contributed by atoms with Gasteiger partial charge in [0, 0.05) is 31.3 Å². The van der Waals surface area contributed by atoms with Crippen molar-refractivity contribution >= 4 is 27.5 Å². The second kappa shape index (κ2) is 8.07. The van der Waals surface area contributed by atoms with Gasteiger partial charge in [0.15, 0.2) is 0 Å². The second-order valence-electron chi connectivity index (χ2n) is 6.87. The number of hydrogen-bond acceptors (Lipinski definition) is 5. The quantitative estimate of drug-likeness (QED) is 0.673. The Hall–Kier alpha value is -3.53. The van der Waals surface area contributed by atoms with E-state index in [1.807, 2.05) is 11.9 Å². The molecule has 1 aliphatic heterocycles. The molecule has 0 saturated carbocycles. The highest BCUT2D eigenvalue weighted by Crippen LogP contribution is 2.19. The number of aromatic nitrogens is 3. The summed E-state index contributed by atoms with van der Waals surface area (Å²) in [7, 11) is -1.95. The van der Waals surface area contributed by atoms with E-state index in [1.54, 1.807) is 47.4 Å². The Labute approximate surface area is 174 Å². The minimum Gasteiger partial charge on any atom is -0.362 e. The maximum Gasteiger partial charge on any atom is 0.283 e. The molecule has 3 aromatic rings. The van der Waals surface area contributed by atoms with Gasteiger partial charge in [-0.15, -0.1) is 4.40 Å². The van der Waals surface area contributed by atoms with E-state index in [9.17, 15) is 13.2 Å². The summed E-state index contributed by atoms with van der Waals surface area (Å²) in [5.74, 6) is 0.269. The lowest BCUT2D eigenvalue weighted by Gasteiger charge is -2.11. The third kappa shape index (κ3) is 4.23. The molecule has 154 valence electrons. The molecule has 1 fully saturated rings. The summed E-state index contributed by atoms with van der Waals surface area (Å²) in [5.41, 5.74) is 1.74. The average Bonchev–Trinajstić information content (AvgIpc) is 3.41. The molecule has 0 bridgehead atoms. The van der Waals surface area contributed by atoms with Crippen molar-refractivity contribution in [3.8, 4) is 5.69 Å². The van der Waals surface area contributed by atoms with Gasteiger partial charge in [0.05, 0.1) is 10.6 Å². The topological polar surface area (TPSA) is 110 Å². The summed E-state index contributed by atoms with van der Waals surface area (Å²) in [6, 6.07) is 12.9. The van der Waals surface area contributed by atoms with Gasteiger partial charge in [-0.2, -0.15) is 13.5 Å². The average molecular weight is 424 g/mol. The van der Waals surface area contributed by atoms with Crippen molar-refractivity contribution < 1.29 is 13.2 Å². The molecule has 30 heavy (non-hydrogen) atoms. The molecule has 1 saturated heterocycles. The molecule has 1 amide bonds. The molecule has 4 rings (SSSR count). The molecule has 9 nitrogen and oxygen atoms in total. The predicted octanol–water partition coefficient (Wildman–Crippen LogP) is 2.33. The first kappa shape index (κ1) is 19.8. The number of carbonyl (C=O) groups is 1. The summed E-state index contributed by atoms with van der Waals surface area (Å²) < 4.78 is 30.5. The maximum atomic E-state index is 12.5. The fourth-order valence-corrected chi connectivity index (χ4v) is 4.22. The number of hydrogen-bond donors (Lipinski definition) is 1. The van der Waals surface area contributed by atoms with E-state index in [2.05, 4.69) is 19.8 Å². The lowest BCUT2D eigenvalue weighted by molar-refractivity contribution is 0.102. The highest BCUT2D eigenvalue weighted by atomic mass is 32.2. The zero-order valence-corrected chi connectivity index (χ0v) is 17.1. The zero-order chi connectivity index (χ0) is 21.1. The highest BCUT2D eigenvalue weighted by molar-refractivity contribution is 7.90. The Morgan fingerprint density at radius 1 is 1.10 bits per heavy atom. The van der Waals surface area contributed by atoms with Gasteiger partial charge >= 0.3 is 0 Å². The van der Waals surface area contributed by atoms with E-state index in [1.165, 1.54) is 18.5 Å². The number of amidine groups is 1. The summed E-state index contributed by atoms with van der Waals surface area (Å²) >= 11 is 0. The van der Waals surface area contributed by atoms with Crippen LogP contribution in [0.3, 0.4) is 0 Å². The summed E-state index contributed by atoms with van der Waals surface area (Å²) in [6.45, 7) is 0.805. The predicted molar refractivity (Wildman–Crippen MR) is 112 cm³/mol. The minimum atomic E-state index is -3.78. The van der Waals surface area contributed by atoms with Crippen molar-refractivity contribution in [2.45, 2.75) is 17.7 Å². The van der Waals surface area contributed by atoms with Crippen LogP contribution in [0.2, 0.25) is 0 Å². The molecule has 0 radical (unpaired) electrons. The van der Waals surface area contributed by atoms with Gasteiger partial charge in [-0.3, -0.25) is 4.79 Å². The number of sulfonamides is 1. The van der Waals surface area contributed by atoms with Gasteiger partial charge in [-0.05, 0) is 55.0 Å². The van der Waals surface area contributed by atoms with Gasteiger partial charge in [0.1, 0.15) is 18.5 Å². The number of anilines is 1. The Kier molecular flexibility index (Phi) is 5.32. The number of carbonyl (C=O) groups excluding carboxylic acids is 1. The Bertz CT molecular complexity index is 1170. The van der Waals surface area contributed by atoms with Crippen molar-refractivity contribution in [3.05, 3.63) is 66.7 Å². The molecule has 0 unspecified atom stereocenters. The normalized spacial score (nSPS) is 15.5. The summed E-state index contributed by atoms with van der Waals surface area (Å²) in [4.78, 5) is 18.3. The second-order valence-corrected chi connectivity index (χ2v) is 8.48. The molecular weight excluding hydrogens is 404 g/mol. The number of likely N-dealkylation sites (tertiary alicyclic amines) is 1. The molecule has 1 aliphatic rings. The molecule has 0 aliphatic carbocycles. The first-order valence-electron chi connectivity index (χ1n) is 9.34. The number of rotatable bonds is 5. The number of nitrogens with one attached hydrogen (secondary N) is 1. The van der Waals surface area contributed by atoms with Gasteiger partial charge in [-0.1, -0.05) is 0 Å². The van der Waals surface area contributed by atoms with Crippen LogP contribution in [0.4, 0.5) is 5.69 Å². The van der Waals surface area contributed by atoms with Gasteiger partial charge in [0.25, 0.3) is 15.9 Å². The van der Waals surface area contributed by atoms with Crippen molar-refractivity contribution in [3.63, 3.8) is 0 Å². The van der Waals surface area contributed by atoms with Crippen LogP contribution in [0.1, 0.15) is 23.2 Å². The van der Waals surface area contributed by atoms with Crippen LogP contribution in [-0.2, 0) is 10.0 Å². The van der Waals surface area contributed by atoms with E-state index in [4.69, 9.17) is 0 Å². The molecule has 1 aromatic heterocycles. The Morgan fingerprint density at radius 3 is 2.43 bits per heavy atom. The van der Waals surface area contributed by atoms with Gasteiger partial charge in [-0.25, -0.2) is 9.67 Å². The van der Waals surface area contributed by atoms with Crippen molar-refractivity contribution in [1.29, 1.82) is 0 Å². The fraction of sp³-hybridized carbons (Fsp3) is 0.200. The minimum absolute atomic E-state index is 0.0884. The standard InChI is InChI=1S/C20H20N6O3S/c1-25-12-2-3-19(25)24-30(28,29)18-10-6-16(7-11-18)23-20(27)15-4-8-17(9-5-15)26-14-21-13-22-26/h4-11,13-14H,2-3,12H2,1H3,(H,23,27)/b24-19+. The van der Waals surface area contributed by atoms with Crippen LogP contribution in [0.15, 0.2) is 70.5 Å². The first-order valence-corrected chi connectivity index (χ1v) is 10.8. The smallest absolute Gasteiger partial charge is 0.283 e. The molecule has 2 aromatic carbocycles. The van der Waals surface area contributed by atoms with Crippen LogP contribution < -0.4 is 5.32 Å². The van der Waals surface area contributed by atoms with Crippen LogP contribution in [0.25, 0.3) is 5.69 Å². The molecule has 2 heterocycles. The van der Waals surface area contributed by atoms with Crippen molar-refractivity contribution in [2.75, 3.05) is 18.9 Å². The zero-order valence-electron chi connectivity index (χ0n) is 16.3. The highest BCUT2D eigenvalue weighted by Gasteiger charge is 2.20.